The normalized spacial score (nSPS) is 13.9. The zero-order valence-electron chi connectivity index (χ0n) is 11.5. The number of rotatable bonds is 7. The van der Waals surface area contributed by atoms with Crippen molar-refractivity contribution in [3.8, 4) is 5.75 Å². The van der Waals surface area contributed by atoms with Gasteiger partial charge in [-0.3, -0.25) is 10.1 Å². The van der Waals surface area contributed by atoms with Crippen molar-refractivity contribution >= 4 is 5.69 Å². The summed E-state index contributed by atoms with van der Waals surface area (Å²) in [6, 6.07) is 4.57. The second kappa shape index (κ2) is 6.49. The molecule has 0 heterocycles. The Morgan fingerprint density at radius 3 is 2.63 bits per heavy atom. The standard InChI is InChI=1S/C13H20N2O4/c1-4-13(2,14)9-19-8-10-5-11(15(16)17)7-12(6-10)18-3/h5-7H,4,8-9,14H2,1-3H3. The summed E-state index contributed by atoms with van der Waals surface area (Å²) in [5.74, 6) is 0.443. The number of nitro groups is 1. The molecule has 0 aliphatic rings. The molecule has 6 nitrogen and oxygen atoms in total. The molecular formula is C13H20N2O4. The number of nitrogens with two attached hydrogens (primary N) is 1. The Morgan fingerprint density at radius 2 is 2.11 bits per heavy atom. The van der Waals surface area contributed by atoms with Gasteiger partial charge < -0.3 is 15.2 Å². The molecule has 0 aromatic heterocycles. The van der Waals surface area contributed by atoms with Gasteiger partial charge in [-0.1, -0.05) is 6.92 Å². The average Bonchev–Trinajstić information content (AvgIpc) is 2.38. The molecule has 1 atom stereocenters. The lowest BCUT2D eigenvalue weighted by molar-refractivity contribution is -0.385. The van der Waals surface area contributed by atoms with E-state index in [1.54, 1.807) is 6.07 Å². The maximum atomic E-state index is 10.8. The van der Waals surface area contributed by atoms with Gasteiger partial charge in [0.25, 0.3) is 5.69 Å². The minimum absolute atomic E-state index is 0.0102. The fourth-order valence-corrected chi connectivity index (χ4v) is 1.45. The molecule has 1 rings (SSSR count). The van der Waals surface area contributed by atoms with Crippen molar-refractivity contribution < 1.29 is 14.4 Å². The summed E-state index contributed by atoms with van der Waals surface area (Å²) in [6.07, 6.45) is 0.797. The monoisotopic (exact) mass is 268 g/mol. The molecule has 0 radical (unpaired) electrons. The van der Waals surface area contributed by atoms with Crippen LogP contribution in [-0.4, -0.2) is 24.2 Å². The first-order chi connectivity index (χ1) is 8.88. The molecule has 1 unspecified atom stereocenters. The van der Waals surface area contributed by atoms with E-state index in [0.29, 0.717) is 17.9 Å². The predicted octanol–water partition coefficient (Wildman–Crippen LogP) is 2.25. The summed E-state index contributed by atoms with van der Waals surface area (Å²) in [5.41, 5.74) is 6.25. The Balaban J connectivity index is 2.72. The molecule has 0 spiro atoms. The van der Waals surface area contributed by atoms with E-state index in [2.05, 4.69) is 0 Å². The third kappa shape index (κ3) is 4.84. The molecule has 1 aromatic carbocycles. The number of hydrogen-bond acceptors (Lipinski definition) is 5. The summed E-state index contributed by atoms with van der Waals surface area (Å²) < 4.78 is 10.5. The molecule has 106 valence electrons. The highest BCUT2D eigenvalue weighted by Gasteiger charge is 2.16. The number of methoxy groups -OCH3 is 1. The van der Waals surface area contributed by atoms with Crippen molar-refractivity contribution in [2.75, 3.05) is 13.7 Å². The Bertz CT molecular complexity index is 446. The van der Waals surface area contributed by atoms with Crippen LogP contribution >= 0.6 is 0 Å². The Morgan fingerprint density at radius 1 is 1.42 bits per heavy atom. The third-order valence-corrected chi connectivity index (χ3v) is 2.91. The Kier molecular flexibility index (Phi) is 5.26. The zero-order chi connectivity index (χ0) is 14.5. The highest BCUT2D eigenvalue weighted by atomic mass is 16.6. The van der Waals surface area contributed by atoms with E-state index in [4.69, 9.17) is 15.2 Å². The minimum atomic E-state index is -0.453. The fraction of sp³-hybridized carbons (Fsp3) is 0.538. The first-order valence-corrected chi connectivity index (χ1v) is 6.07. The van der Waals surface area contributed by atoms with E-state index >= 15 is 0 Å². The van der Waals surface area contributed by atoms with E-state index < -0.39 is 4.92 Å². The van der Waals surface area contributed by atoms with Crippen molar-refractivity contribution in [2.24, 2.45) is 5.73 Å². The molecule has 6 heteroatoms. The number of nitro benzene ring substituents is 1. The summed E-state index contributed by atoms with van der Waals surface area (Å²) in [6.45, 7) is 4.56. The minimum Gasteiger partial charge on any atom is -0.496 e. The fourth-order valence-electron chi connectivity index (χ4n) is 1.45. The smallest absolute Gasteiger partial charge is 0.273 e. The van der Waals surface area contributed by atoms with Crippen molar-refractivity contribution in [3.05, 3.63) is 33.9 Å². The van der Waals surface area contributed by atoms with Crippen LogP contribution in [0, 0.1) is 10.1 Å². The SMILES string of the molecule is CCC(C)(N)COCc1cc(OC)cc([N+](=O)[O-])c1. The van der Waals surface area contributed by atoms with Crippen LogP contribution in [0.4, 0.5) is 5.69 Å². The van der Waals surface area contributed by atoms with Gasteiger partial charge in [-0.2, -0.15) is 0 Å². The average molecular weight is 268 g/mol. The van der Waals surface area contributed by atoms with Crippen LogP contribution in [0.1, 0.15) is 25.8 Å². The van der Waals surface area contributed by atoms with Crippen LogP contribution in [0.2, 0.25) is 0 Å². The number of hydrogen-bond donors (Lipinski definition) is 1. The van der Waals surface area contributed by atoms with E-state index in [1.807, 2.05) is 13.8 Å². The van der Waals surface area contributed by atoms with Crippen molar-refractivity contribution in [2.45, 2.75) is 32.4 Å². The number of benzene rings is 1. The van der Waals surface area contributed by atoms with E-state index in [1.165, 1.54) is 19.2 Å². The van der Waals surface area contributed by atoms with Gasteiger partial charge in [-0.05, 0) is 25.0 Å². The lowest BCUT2D eigenvalue weighted by Crippen LogP contribution is -2.40. The molecule has 1 aromatic rings. The molecule has 0 saturated carbocycles. The lowest BCUT2D eigenvalue weighted by Gasteiger charge is -2.22. The quantitative estimate of drug-likeness (QED) is 0.605. The van der Waals surface area contributed by atoms with Gasteiger partial charge in [0.15, 0.2) is 0 Å². The Hall–Kier alpha value is -1.66. The predicted molar refractivity (Wildman–Crippen MR) is 72.2 cm³/mol. The maximum Gasteiger partial charge on any atom is 0.273 e. The summed E-state index contributed by atoms with van der Waals surface area (Å²) in [7, 11) is 1.47. The highest BCUT2D eigenvalue weighted by Crippen LogP contribution is 2.23. The molecule has 0 saturated heterocycles. The number of nitrogens with zero attached hydrogens (tertiary/aromatic N) is 1. The lowest BCUT2D eigenvalue weighted by atomic mass is 10.0. The zero-order valence-corrected chi connectivity index (χ0v) is 11.5. The van der Waals surface area contributed by atoms with E-state index in [-0.39, 0.29) is 17.8 Å². The van der Waals surface area contributed by atoms with E-state index in [0.717, 1.165) is 6.42 Å². The molecule has 0 aliphatic carbocycles. The van der Waals surface area contributed by atoms with Gasteiger partial charge in [-0.25, -0.2) is 0 Å². The first kappa shape index (κ1) is 15.4. The summed E-state index contributed by atoms with van der Waals surface area (Å²) in [4.78, 5) is 10.3. The van der Waals surface area contributed by atoms with Crippen LogP contribution in [0.5, 0.6) is 5.75 Å². The van der Waals surface area contributed by atoms with Crippen molar-refractivity contribution in [1.29, 1.82) is 0 Å². The van der Waals surface area contributed by atoms with Crippen molar-refractivity contribution in [1.82, 2.24) is 0 Å². The molecule has 0 amide bonds. The highest BCUT2D eigenvalue weighted by molar-refractivity contribution is 5.42. The third-order valence-electron chi connectivity index (χ3n) is 2.91. The van der Waals surface area contributed by atoms with Gasteiger partial charge in [0.05, 0.1) is 31.3 Å². The largest absolute Gasteiger partial charge is 0.496 e. The molecule has 19 heavy (non-hydrogen) atoms. The van der Waals surface area contributed by atoms with Gasteiger partial charge in [0, 0.05) is 11.6 Å². The van der Waals surface area contributed by atoms with Crippen LogP contribution < -0.4 is 10.5 Å². The summed E-state index contributed by atoms with van der Waals surface area (Å²) in [5, 5.41) is 10.8. The van der Waals surface area contributed by atoms with Gasteiger partial charge in [-0.15, -0.1) is 0 Å². The van der Waals surface area contributed by atoms with Crippen LogP contribution in [-0.2, 0) is 11.3 Å². The maximum absolute atomic E-state index is 10.8. The van der Waals surface area contributed by atoms with E-state index in [9.17, 15) is 10.1 Å². The first-order valence-electron chi connectivity index (χ1n) is 6.07. The molecule has 0 bridgehead atoms. The second-order valence-corrected chi connectivity index (χ2v) is 4.80. The topological polar surface area (TPSA) is 87.6 Å². The Labute approximate surface area is 112 Å². The second-order valence-electron chi connectivity index (χ2n) is 4.80. The molecular weight excluding hydrogens is 248 g/mol. The van der Waals surface area contributed by atoms with Gasteiger partial charge >= 0.3 is 0 Å². The number of ether oxygens (including phenoxy) is 2. The number of non-ortho nitro benzene ring substituents is 1. The van der Waals surface area contributed by atoms with Crippen molar-refractivity contribution in [3.63, 3.8) is 0 Å². The molecule has 0 fully saturated rings. The summed E-state index contributed by atoms with van der Waals surface area (Å²) >= 11 is 0. The molecule has 0 aliphatic heterocycles. The van der Waals surface area contributed by atoms with Crippen LogP contribution in [0.25, 0.3) is 0 Å². The van der Waals surface area contributed by atoms with Gasteiger partial charge in [0.2, 0.25) is 0 Å². The molecule has 2 N–H and O–H groups in total. The van der Waals surface area contributed by atoms with Crippen LogP contribution in [0.15, 0.2) is 18.2 Å². The van der Waals surface area contributed by atoms with Gasteiger partial charge in [0.1, 0.15) is 5.75 Å². The van der Waals surface area contributed by atoms with Crippen LogP contribution in [0.3, 0.4) is 0 Å².